The van der Waals surface area contributed by atoms with Gasteiger partial charge in [0.15, 0.2) is 0 Å². The zero-order valence-corrected chi connectivity index (χ0v) is 12.3. The van der Waals surface area contributed by atoms with E-state index >= 15 is 0 Å². The molecule has 1 nitrogen and oxygen atoms in total. The summed E-state index contributed by atoms with van der Waals surface area (Å²) in [5.41, 5.74) is 3.30. The second kappa shape index (κ2) is 5.73. The average molecular weight is 271 g/mol. The molecule has 0 unspecified atom stereocenters. The van der Waals surface area contributed by atoms with Gasteiger partial charge in [-0.3, -0.25) is 0 Å². The monoisotopic (exact) mass is 271 g/mol. The van der Waals surface area contributed by atoms with Crippen LogP contribution in [0.1, 0.15) is 11.1 Å². The van der Waals surface area contributed by atoms with Gasteiger partial charge in [0.25, 0.3) is 0 Å². The van der Waals surface area contributed by atoms with E-state index in [4.69, 9.17) is 0 Å². The van der Waals surface area contributed by atoms with Crippen LogP contribution >= 0.6 is 0 Å². The van der Waals surface area contributed by atoms with Gasteiger partial charge in [-0.1, -0.05) is 48.2 Å². The quantitative estimate of drug-likeness (QED) is 0.596. The summed E-state index contributed by atoms with van der Waals surface area (Å²) in [6, 6.07) is 22.9. The maximum absolute atomic E-state index is 3.29. The number of benzene rings is 3. The van der Waals surface area contributed by atoms with Gasteiger partial charge in [0.2, 0.25) is 0 Å². The summed E-state index contributed by atoms with van der Waals surface area (Å²) in [5.74, 6) is 6.54. The lowest BCUT2D eigenvalue weighted by molar-refractivity contribution is 1.13. The zero-order valence-electron chi connectivity index (χ0n) is 12.3. The number of hydrogen-bond donors (Lipinski definition) is 0. The number of fused-ring (bicyclic) bond motifs is 1. The van der Waals surface area contributed by atoms with Gasteiger partial charge in [0, 0.05) is 30.9 Å². The van der Waals surface area contributed by atoms with Crippen LogP contribution in [0.5, 0.6) is 0 Å². The van der Waals surface area contributed by atoms with Gasteiger partial charge in [-0.05, 0) is 41.1 Å². The first-order valence-corrected chi connectivity index (χ1v) is 7.01. The Bertz CT molecular complexity index is 812. The van der Waals surface area contributed by atoms with E-state index in [0.717, 1.165) is 11.1 Å². The molecule has 3 aromatic carbocycles. The normalized spacial score (nSPS) is 10.0. The van der Waals surface area contributed by atoms with E-state index in [1.54, 1.807) is 0 Å². The lowest BCUT2D eigenvalue weighted by Gasteiger charge is -2.11. The van der Waals surface area contributed by atoms with Crippen LogP contribution < -0.4 is 4.90 Å². The third-order valence-electron chi connectivity index (χ3n) is 3.51. The van der Waals surface area contributed by atoms with Crippen molar-refractivity contribution in [2.45, 2.75) is 0 Å². The molecule has 0 amide bonds. The summed E-state index contributed by atoms with van der Waals surface area (Å²) in [5, 5.41) is 2.43. The predicted molar refractivity (Wildman–Crippen MR) is 90.7 cm³/mol. The lowest BCUT2D eigenvalue weighted by atomic mass is 10.0. The van der Waals surface area contributed by atoms with Crippen LogP contribution in [0, 0.1) is 11.8 Å². The lowest BCUT2D eigenvalue weighted by Crippen LogP contribution is -2.07. The smallest absolute Gasteiger partial charge is 0.0361 e. The maximum atomic E-state index is 3.29. The fraction of sp³-hybridized carbons (Fsp3) is 0.100. The first-order valence-electron chi connectivity index (χ1n) is 7.01. The van der Waals surface area contributed by atoms with Crippen LogP contribution in [0.4, 0.5) is 5.69 Å². The molecule has 0 saturated carbocycles. The molecule has 0 spiro atoms. The van der Waals surface area contributed by atoms with E-state index in [1.807, 2.05) is 14.1 Å². The SMILES string of the molecule is CN(C)c1ccc(C#Cc2cccc3ccccc23)cc1. The molecule has 0 N–H and O–H groups in total. The molecule has 0 radical (unpaired) electrons. The number of rotatable bonds is 1. The summed E-state index contributed by atoms with van der Waals surface area (Å²) in [6.45, 7) is 0. The standard InChI is InChI=1S/C20H17N/c1-21(2)19-14-11-16(12-15-19)10-13-18-8-5-7-17-6-3-4-9-20(17)18/h3-9,11-12,14-15H,1-2H3. The molecule has 0 aliphatic rings. The molecule has 0 heterocycles. The Balaban J connectivity index is 1.96. The maximum Gasteiger partial charge on any atom is 0.0361 e. The van der Waals surface area contributed by atoms with Crippen LogP contribution in [0.3, 0.4) is 0 Å². The van der Waals surface area contributed by atoms with E-state index in [1.165, 1.54) is 16.5 Å². The van der Waals surface area contributed by atoms with Crippen molar-refractivity contribution in [3.05, 3.63) is 77.9 Å². The molecule has 0 bridgehead atoms. The second-order valence-electron chi connectivity index (χ2n) is 5.22. The molecule has 0 saturated heterocycles. The molecule has 0 fully saturated rings. The van der Waals surface area contributed by atoms with E-state index < -0.39 is 0 Å². The van der Waals surface area contributed by atoms with Crippen LogP contribution in [0.25, 0.3) is 10.8 Å². The third kappa shape index (κ3) is 2.90. The third-order valence-corrected chi connectivity index (χ3v) is 3.51. The highest BCUT2D eigenvalue weighted by Gasteiger charge is 1.97. The molecular weight excluding hydrogens is 254 g/mol. The van der Waals surface area contributed by atoms with Gasteiger partial charge in [0.1, 0.15) is 0 Å². The molecule has 0 aliphatic heterocycles. The van der Waals surface area contributed by atoms with E-state index in [0.29, 0.717) is 0 Å². The van der Waals surface area contributed by atoms with Crippen molar-refractivity contribution in [1.82, 2.24) is 0 Å². The van der Waals surface area contributed by atoms with Crippen molar-refractivity contribution < 1.29 is 0 Å². The Morgan fingerprint density at radius 1 is 0.714 bits per heavy atom. The highest BCUT2D eigenvalue weighted by molar-refractivity contribution is 5.88. The number of anilines is 1. The van der Waals surface area contributed by atoms with Crippen molar-refractivity contribution in [2.24, 2.45) is 0 Å². The van der Waals surface area contributed by atoms with E-state index in [-0.39, 0.29) is 0 Å². The second-order valence-corrected chi connectivity index (χ2v) is 5.22. The summed E-state index contributed by atoms with van der Waals surface area (Å²) in [6.07, 6.45) is 0. The molecular formula is C20H17N. The van der Waals surface area contributed by atoms with Gasteiger partial charge in [0.05, 0.1) is 0 Å². The van der Waals surface area contributed by atoms with Gasteiger partial charge < -0.3 is 4.90 Å². The highest BCUT2D eigenvalue weighted by atomic mass is 15.1. The molecule has 3 aromatic rings. The minimum Gasteiger partial charge on any atom is -0.378 e. The van der Waals surface area contributed by atoms with Gasteiger partial charge in [-0.2, -0.15) is 0 Å². The Hall–Kier alpha value is -2.72. The first-order chi connectivity index (χ1) is 10.2. The topological polar surface area (TPSA) is 3.24 Å². The molecule has 0 aliphatic carbocycles. The highest BCUT2D eigenvalue weighted by Crippen LogP contribution is 2.18. The van der Waals surface area contributed by atoms with Gasteiger partial charge in [-0.25, -0.2) is 0 Å². The predicted octanol–water partition coefficient (Wildman–Crippen LogP) is 4.31. The first kappa shape index (κ1) is 13.3. The zero-order chi connectivity index (χ0) is 14.7. The average Bonchev–Trinajstić information content (AvgIpc) is 2.53. The molecule has 0 atom stereocenters. The van der Waals surface area contributed by atoms with Crippen LogP contribution in [0.2, 0.25) is 0 Å². The molecule has 0 aromatic heterocycles. The van der Waals surface area contributed by atoms with Crippen molar-refractivity contribution in [1.29, 1.82) is 0 Å². The van der Waals surface area contributed by atoms with Crippen molar-refractivity contribution in [3.8, 4) is 11.8 Å². The van der Waals surface area contributed by atoms with Crippen LogP contribution in [-0.2, 0) is 0 Å². The number of hydrogen-bond acceptors (Lipinski definition) is 1. The minimum absolute atomic E-state index is 1.04. The Morgan fingerprint density at radius 2 is 1.43 bits per heavy atom. The van der Waals surface area contributed by atoms with Crippen LogP contribution in [0.15, 0.2) is 66.7 Å². The van der Waals surface area contributed by atoms with Crippen molar-refractivity contribution in [3.63, 3.8) is 0 Å². The molecule has 21 heavy (non-hydrogen) atoms. The summed E-state index contributed by atoms with van der Waals surface area (Å²) in [7, 11) is 4.08. The van der Waals surface area contributed by atoms with Crippen molar-refractivity contribution in [2.75, 3.05) is 19.0 Å². The van der Waals surface area contributed by atoms with Gasteiger partial charge in [-0.15, -0.1) is 0 Å². The Kier molecular flexibility index (Phi) is 3.62. The summed E-state index contributed by atoms with van der Waals surface area (Å²) < 4.78 is 0. The summed E-state index contributed by atoms with van der Waals surface area (Å²) >= 11 is 0. The Labute approximate surface area is 125 Å². The largest absolute Gasteiger partial charge is 0.378 e. The van der Waals surface area contributed by atoms with E-state index in [2.05, 4.69) is 83.5 Å². The van der Waals surface area contributed by atoms with Crippen molar-refractivity contribution >= 4 is 16.5 Å². The Morgan fingerprint density at radius 3 is 2.19 bits per heavy atom. The fourth-order valence-corrected chi connectivity index (χ4v) is 2.32. The molecule has 1 heteroatoms. The molecule has 3 rings (SSSR count). The number of nitrogens with zero attached hydrogens (tertiary/aromatic N) is 1. The fourth-order valence-electron chi connectivity index (χ4n) is 2.32. The van der Waals surface area contributed by atoms with Gasteiger partial charge >= 0.3 is 0 Å². The van der Waals surface area contributed by atoms with Crippen LogP contribution in [-0.4, -0.2) is 14.1 Å². The minimum atomic E-state index is 1.04. The molecule has 102 valence electrons. The van der Waals surface area contributed by atoms with E-state index in [9.17, 15) is 0 Å². The summed E-state index contributed by atoms with van der Waals surface area (Å²) in [4.78, 5) is 2.09.